The highest BCUT2D eigenvalue weighted by Crippen LogP contribution is 2.18. The van der Waals surface area contributed by atoms with Gasteiger partial charge in [-0.2, -0.15) is 0 Å². The lowest BCUT2D eigenvalue weighted by Crippen LogP contribution is -2.51. The molecule has 1 aromatic carbocycles. The Bertz CT molecular complexity index is 403. The number of methoxy groups -OCH3 is 1. The molecule has 0 saturated heterocycles. The molecule has 0 saturated carbocycles. The highest BCUT2D eigenvalue weighted by atomic mass is 19.1. The number of carbonyl (C=O) groups is 1. The van der Waals surface area contributed by atoms with Gasteiger partial charge in [0.05, 0.1) is 6.61 Å². The highest BCUT2D eigenvalue weighted by Gasteiger charge is 2.31. The van der Waals surface area contributed by atoms with Crippen LogP contribution in [-0.4, -0.2) is 25.2 Å². The molecule has 0 radical (unpaired) electrons. The monoisotopic (exact) mass is 240 g/mol. The number of ether oxygens (including phenoxy) is 1. The van der Waals surface area contributed by atoms with Gasteiger partial charge in [-0.25, -0.2) is 4.39 Å². The van der Waals surface area contributed by atoms with Crippen LogP contribution in [0.25, 0.3) is 0 Å². The predicted molar refractivity (Wildman–Crippen MR) is 64.2 cm³/mol. The van der Waals surface area contributed by atoms with Gasteiger partial charge in [-0.05, 0) is 37.6 Å². The van der Waals surface area contributed by atoms with Gasteiger partial charge < -0.3 is 15.8 Å². The van der Waals surface area contributed by atoms with Gasteiger partial charge in [0.1, 0.15) is 11.4 Å². The van der Waals surface area contributed by atoms with E-state index in [9.17, 15) is 9.18 Å². The highest BCUT2D eigenvalue weighted by molar-refractivity contribution is 5.87. The van der Waals surface area contributed by atoms with Crippen molar-refractivity contribution in [1.82, 2.24) is 0 Å². The van der Waals surface area contributed by atoms with Gasteiger partial charge in [0, 0.05) is 12.8 Å². The second kappa shape index (κ2) is 5.14. The molecule has 0 aliphatic heterocycles. The Kier molecular flexibility index (Phi) is 4.07. The third-order valence-corrected chi connectivity index (χ3v) is 2.44. The molecule has 0 aromatic heterocycles. The Balaban J connectivity index is 2.97. The second-order valence-corrected chi connectivity index (χ2v) is 4.27. The van der Waals surface area contributed by atoms with Crippen molar-refractivity contribution in [2.75, 3.05) is 19.0 Å². The van der Waals surface area contributed by atoms with E-state index >= 15 is 0 Å². The molecule has 1 aromatic rings. The number of primary amides is 1. The van der Waals surface area contributed by atoms with Crippen molar-refractivity contribution in [2.24, 2.45) is 5.73 Å². The number of hydrogen-bond donors (Lipinski definition) is 2. The van der Waals surface area contributed by atoms with E-state index in [1.165, 1.54) is 19.2 Å². The summed E-state index contributed by atoms with van der Waals surface area (Å²) < 4.78 is 18.1. The summed E-state index contributed by atoms with van der Waals surface area (Å²) in [6.45, 7) is 3.49. The minimum Gasteiger partial charge on any atom is -0.382 e. The summed E-state index contributed by atoms with van der Waals surface area (Å²) in [6.07, 6.45) is 0. The summed E-state index contributed by atoms with van der Waals surface area (Å²) in [4.78, 5) is 11.4. The maximum Gasteiger partial charge on any atom is 0.245 e. The Labute approximate surface area is 100.0 Å². The fourth-order valence-corrected chi connectivity index (χ4v) is 1.58. The van der Waals surface area contributed by atoms with Crippen LogP contribution in [-0.2, 0) is 9.53 Å². The fourth-order valence-electron chi connectivity index (χ4n) is 1.58. The van der Waals surface area contributed by atoms with Crippen molar-refractivity contribution in [2.45, 2.75) is 19.4 Å². The third-order valence-electron chi connectivity index (χ3n) is 2.44. The second-order valence-electron chi connectivity index (χ2n) is 4.27. The van der Waals surface area contributed by atoms with Crippen LogP contribution in [0.4, 0.5) is 10.1 Å². The van der Waals surface area contributed by atoms with Crippen molar-refractivity contribution in [3.8, 4) is 0 Å². The molecule has 94 valence electrons. The molecular weight excluding hydrogens is 223 g/mol. The van der Waals surface area contributed by atoms with Crippen LogP contribution in [0.15, 0.2) is 18.2 Å². The number of nitrogens with two attached hydrogens (primary N) is 1. The van der Waals surface area contributed by atoms with Gasteiger partial charge in [0.15, 0.2) is 0 Å². The summed E-state index contributed by atoms with van der Waals surface area (Å²) in [5.41, 5.74) is 5.51. The zero-order valence-corrected chi connectivity index (χ0v) is 10.2. The lowest BCUT2D eigenvalue weighted by Gasteiger charge is -2.27. The van der Waals surface area contributed by atoms with Crippen LogP contribution in [0.5, 0.6) is 0 Å². The van der Waals surface area contributed by atoms with E-state index in [4.69, 9.17) is 10.5 Å². The first kappa shape index (κ1) is 13.4. The number of aryl methyl sites for hydroxylation is 1. The van der Waals surface area contributed by atoms with Crippen molar-refractivity contribution in [3.63, 3.8) is 0 Å². The number of hydrogen-bond acceptors (Lipinski definition) is 3. The molecule has 0 aliphatic carbocycles. The topological polar surface area (TPSA) is 64.3 Å². The van der Waals surface area contributed by atoms with E-state index in [1.54, 1.807) is 19.9 Å². The standard InChI is InChI=1S/C12H17FN2O2/c1-8-4-9(13)6-10(5-8)15-12(2,7-17-3)11(14)16/h4-6,15H,7H2,1-3H3,(H2,14,16). The van der Waals surface area contributed by atoms with Gasteiger partial charge in [0.25, 0.3) is 0 Å². The molecule has 1 rings (SSSR count). The van der Waals surface area contributed by atoms with E-state index in [0.717, 1.165) is 5.56 Å². The Morgan fingerprint density at radius 1 is 1.53 bits per heavy atom. The summed E-state index contributed by atoms with van der Waals surface area (Å²) in [7, 11) is 1.47. The molecule has 1 atom stereocenters. The van der Waals surface area contributed by atoms with Crippen molar-refractivity contribution < 1.29 is 13.9 Å². The van der Waals surface area contributed by atoms with Gasteiger partial charge in [-0.3, -0.25) is 4.79 Å². The van der Waals surface area contributed by atoms with Crippen molar-refractivity contribution >= 4 is 11.6 Å². The number of carbonyl (C=O) groups excluding carboxylic acids is 1. The maximum atomic E-state index is 13.2. The van der Waals surface area contributed by atoms with Crippen LogP contribution in [0, 0.1) is 12.7 Å². The average Bonchev–Trinajstić information content (AvgIpc) is 2.15. The smallest absolute Gasteiger partial charge is 0.245 e. The average molecular weight is 240 g/mol. The van der Waals surface area contributed by atoms with Crippen LogP contribution < -0.4 is 11.1 Å². The Morgan fingerprint density at radius 2 is 2.18 bits per heavy atom. The number of nitrogens with one attached hydrogen (secondary N) is 1. The first-order valence-electron chi connectivity index (χ1n) is 5.21. The largest absolute Gasteiger partial charge is 0.382 e. The van der Waals surface area contributed by atoms with Crippen molar-refractivity contribution in [3.05, 3.63) is 29.6 Å². The lowest BCUT2D eigenvalue weighted by atomic mass is 10.0. The zero-order chi connectivity index (χ0) is 13.1. The Hall–Kier alpha value is -1.62. The van der Waals surface area contributed by atoms with E-state index in [2.05, 4.69) is 5.32 Å². The molecule has 0 heterocycles. The number of benzene rings is 1. The van der Waals surface area contributed by atoms with E-state index in [-0.39, 0.29) is 12.4 Å². The lowest BCUT2D eigenvalue weighted by molar-refractivity contribution is -0.123. The quantitative estimate of drug-likeness (QED) is 0.818. The summed E-state index contributed by atoms with van der Waals surface area (Å²) in [6, 6.07) is 4.45. The zero-order valence-electron chi connectivity index (χ0n) is 10.2. The molecule has 4 nitrogen and oxygen atoms in total. The molecule has 3 N–H and O–H groups in total. The predicted octanol–water partition coefficient (Wildman–Crippen LogP) is 1.44. The molecule has 0 bridgehead atoms. The number of amides is 1. The third kappa shape index (κ3) is 3.42. The minimum atomic E-state index is -1.06. The molecule has 1 unspecified atom stereocenters. The number of halogens is 1. The van der Waals surface area contributed by atoms with Crippen LogP contribution in [0.3, 0.4) is 0 Å². The first-order chi connectivity index (χ1) is 7.87. The van der Waals surface area contributed by atoms with Crippen LogP contribution >= 0.6 is 0 Å². The molecule has 17 heavy (non-hydrogen) atoms. The fraction of sp³-hybridized carbons (Fsp3) is 0.417. The first-order valence-corrected chi connectivity index (χ1v) is 5.21. The SMILES string of the molecule is COCC(C)(Nc1cc(C)cc(F)c1)C(N)=O. The number of anilines is 1. The van der Waals surface area contributed by atoms with E-state index in [1.807, 2.05) is 0 Å². The minimum absolute atomic E-state index is 0.109. The van der Waals surface area contributed by atoms with Crippen LogP contribution in [0.1, 0.15) is 12.5 Å². The summed E-state index contributed by atoms with van der Waals surface area (Å²) >= 11 is 0. The summed E-state index contributed by atoms with van der Waals surface area (Å²) in [5.74, 6) is -0.919. The van der Waals surface area contributed by atoms with Gasteiger partial charge in [0.2, 0.25) is 5.91 Å². The summed E-state index contributed by atoms with van der Waals surface area (Å²) in [5, 5.41) is 2.90. The molecule has 1 amide bonds. The number of rotatable bonds is 5. The molecule has 0 fully saturated rings. The van der Waals surface area contributed by atoms with Gasteiger partial charge in [-0.15, -0.1) is 0 Å². The normalized spacial score (nSPS) is 14.1. The van der Waals surface area contributed by atoms with E-state index in [0.29, 0.717) is 5.69 Å². The molecule has 0 aliphatic rings. The van der Waals surface area contributed by atoms with Crippen LogP contribution in [0.2, 0.25) is 0 Å². The van der Waals surface area contributed by atoms with Gasteiger partial charge >= 0.3 is 0 Å². The Morgan fingerprint density at radius 3 is 2.65 bits per heavy atom. The molecular formula is C12H17FN2O2. The van der Waals surface area contributed by atoms with Gasteiger partial charge in [-0.1, -0.05) is 0 Å². The molecule has 5 heteroatoms. The molecule has 0 spiro atoms. The van der Waals surface area contributed by atoms with E-state index < -0.39 is 11.4 Å². The van der Waals surface area contributed by atoms with Crippen molar-refractivity contribution in [1.29, 1.82) is 0 Å². The maximum absolute atomic E-state index is 13.2.